The molecular weight excluding hydrogens is 335 g/mol. The van der Waals surface area contributed by atoms with E-state index >= 15 is 0 Å². The molecule has 1 saturated carbocycles. The zero-order valence-corrected chi connectivity index (χ0v) is 13.3. The van der Waals surface area contributed by atoms with Crippen LogP contribution in [0.15, 0.2) is 42.5 Å². The van der Waals surface area contributed by atoms with Crippen LogP contribution in [0.25, 0.3) is 0 Å². The molecule has 7 heteroatoms. The number of nitro groups is 1. The molecule has 0 atom stereocenters. The minimum atomic E-state index is -0.936. The Morgan fingerprint density at radius 2 is 1.88 bits per heavy atom. The molecule has 0 aromatic heterocycles. The Kier molecular flexibility index (Phi) is 4.24. The fourth-order valence-electron chi connectivity index (χ4n) is 2.93. The third-order valence-electron chi connectivity index (χ3n) is 4.44. The molecule has 24 heavy (non-hydrogen) atoms. The minimum absolute atomic E-state index is 0.202. The van der Waals surface area contributed by atoms with Crippen molar-refractivity contribution in [3.63, 3.8) is 0 Å². The third kappa shape index (κ3) is 2.85. The van der Waals surface area contributed by atoms with Gasteiger partial charge in [-0.15, -0.1) is 0 Å². The molecule has 1 N–H and O–H groups in total. The summed E-state index contributed by atoms with van der Waals surface area (Å²) in [5.74, 6) is -1.19. The Balaban J connectivity index is 1.87. The molecule has 0 bridgehead atoms. The van der Waals surface area contributed by atoms with E-state index in [4.69, 9.17) is 11.6 Å². The van der Waals surface area contributed by atoms with Crippen LogP contribution in [0.5, 0.6) is 0 Å². The summed E-state index contributed by atoms with van der Waals surface area (Å²) in [6, 6.07) is 10.4. The monoisotopic (exact) mass is 348 g/mol. The lowest BCUT2D eigenvalue weighted by atomic mass is 9.64. The van der Waals surface area contributed by atoms with Gasteiger partial charge < -0.3 is 5.32 Å². The molecule has 0 spiro atoms. The van der Waals surface area contributed by atoms with Gasteiger partial charge in [0, 0.05) is 16.8 Å². The van der Waals surface area contributed by atoms with Crippen LogP contribution < -0.4 is 5.32 Å². The highest BCUT2D eigenvalue weighted by atomic mass is 35.5. The van der Waals surface area contributed by atoms with E-state index in [2.05, 4.69) is 5.32 Å². The van der Waals surface area contributed by atoms with E-state index in [0.29, 0.717) is 17.9 Å². The summed E-state index contributed by atoms with van der Waals surface area (Å²) in [6.45, 7) is 0. The Hall–Kier alpha value is -2.47. The first-order chi connectivity index (χ1) is 11.4. The Morgan fingerprint density at radius 3 is 2.42 bits per heavy atom. The number of nitrogens with one attached hydrogen (secondary N) is 1. The zero-order chi connectivity index (χ0) is 17.3. The number of hydrogen-bond acceptors (Lipinski definition) is 3. The molecule has 0 aliphatic heterocycles. The first-order valence-corrected chi connectivity index (χ1v) is 7.82. The number of carbonyl (C=O) groups excluding carboxylic acids is 1. The molecule has 0 radical (unpaired) electrons. The molecule has 0 unspecified atom stereocenters. The van der Waals surface area contributed by atoms with Crippen molar-refractivity contribution in [1.29, 1.82) is 0 Å². The number of carbonyl (C=O) groups is 1. The van der Waals surface area contributed by atoms with Crippen LogP contribution in [0.3, 0.4) is 0 Å². The predicted molar refractivity (Wildman–Crippen MR) is 88.7 cm³/mol. The predicted octanol–water partition coefficient (Wildman–Crippen LogP) is 4.45. The van der Waals surface area contributed by atoms with Gasteiger partial charge >= 0.3 is 5.69 Å². The Morgan fingerprint density at radius 1 is 1.21 bits per heavy atom. The van der Waals surface area contributed by atoms with Gasteiger partial charge in [-0.05, 0) is 42.7 Å². The van der Waals surface area contributed by atoms with Crippen molar-refractivity contribution >= 4 is 28.9 Å². The lowest BCUT2D eigenvalue weighted by molar-refractivity contribution is -0.387. The maximum absolute atomic E-state index is 13.4. The van der Waals surface area contributed by atoms with Crippen molar-refractivity contribution < 1.29 is 14.1 Å². The number of anilines is 1. The van der Waals surface area contributed by atoms with Crippen LogP contribution in [-0.4, -0.2) is 10.8 Å². The first-order valence-electron chi connectivity index (χ1n) is 7.44. The van der Waals surface area contributed by atoms with Crippen molar-refractivity contribution in [2.45, 2.75) is 24.7 Å². The second-order valence-electron chi connectivity index (χ2n) is 5.82. The molecule has 1 fully saturated rings. The second kappa shape index (κ2) is 6.20. The van der Waals surface area contributed by atoms with E-state index in [1.54, 1.807) is 12.1 Å². The molecule has 2 aromatic rings. The van der Waals surface area contributed by atoms with E-state index in [-0.39, 0.29) is 11.6 Å². The fourth-order valence-corrected chi connectivity index (χ4v) is 3.05. The van der Waals surface area contributed by atoms with Crippen LogP contribution >= 0.6 is 11.6 Å². The van der Waals surface area contributed by atoms with Crippen molar-refractivity contribution in [2.24, 2.45) is 0 Å². The summed E-state index contributed by atoms with van der Waals surface area (Å²) < 4.78 is 13.4. The quantitative estimate of drug-likeness (QED) is 0.655. The van der Waals surface area contributed by atoms with Crippen LogP contribution in [0.4, 0.5) is 15.8 Å². The summed E-state index contributed by atoms with van der Waals surface area (Å²) in [5, 5.41) is 14.1. The third-order valence-corrected chi connectivity index (χ3v) is 4.69. The topological polar surface area (TPSA) is 72.2 Å². The van der Waals surface area contributed by atoms with Gasteiger partial charge in [0.1, 0.15) is 0 Å². The molecule has 1 amide bonds. The number of rotatable bonds is 4. The van der Waals surface area contributed by atoms with Crippen LogP contribution in [-0.2, 0) is 10.2 Å². The summed E-state index contributed by atoms with van der Waals surface area (Å²) in [5.41, 5.74) is -0.282. The maximum atomic E-state index is 13.4. The highest BCUT2D eigenvalue weighted by molar-refractivity contribution is 6.30. The highest BCUT2D eigenvalue weighted by Gasteiger charge is 2.45. The minimum Gasteiger partial charge on any atom is -0.325 e. The Bertz CT molecular complexity index is 804. The van der Waals surface area contributed by atoms with Crippen molar-refractivity contribution in [2.75, 3.05) is 5.32 Å². The average molecular weight is 349 g/mol. The molecule has 0 saturated heterocycles. The number of halogens is 2. The zero-order valence-electron chi connectivity index (χ0n) is 12.6. The molecule has 3 rings (SSSR count). The van der Waals surface area contributed by atoms with E-state index in [9.17, 15) is 19.3 Å². The van der Waals surface area contributed by atoms with Crippen molar-refractivity contribution in [1.82, 2.24) is 0 Å². The van der Waals surface area contributed by atoms with Gasteiger partial charge in [0.25, 0.3) is 0 Å². The first kappa shape index (κ1) is 16.4. The van der Waals surface area contributed by atoms with E-state index in [1.165, 1.54) is 6.07 Å². The highest BCUT2D eigenvalue weighted by Crippen LogP contribution is 2.45. The van der Waals surface area contributed by atoms with Gasteiger partial charge in [0.2, 0.25) is 11.7 Å². The smallest absolute Gasteiger partial charge is 0.306 e. The summed E-state index contributed by atoms with van der Waals surface area (Å²) in [7, 11) is 0. The normalized spacial score (nSPS) is 15.4. The summed E-state index contributed by atoms with van der Waals surface area (Å²) >= 11 is 5.89. The van der Waals surface area contributed by atoms with Gasteiger partial charge in [0.05, 0.1) is 10.3 Å². The standard InChI is InChI=1S/C17H14ClFN2O3/c18-12-4-2-11(3-5-12)17(8-1-9-17)16(22)20-13-6-7-14(19)15(10-13)21(23)24/h2-7,10H,1,8-9H2,(H,20,22). The Labute approximate surface area is 142 Å². The van der Waals surface area contributed by atoms with Gasteiger partial charge in [0.15, 0.2) is 0 Å². The SMILES string of the molecule is O=C(Nc1ccc(F)c([N+](=O)[O-])c1)C1(c2ccc(Cl)cc2)CCC1. The van der Waals surface area contributed by atoms with E-state index in [0.717, 1.165) is 24.1 Å². The molecule has 5 nitrogen and oxygen atoms in total. The average Bonchev–Trinajstić information content (AvgIpc) is 2.49. The van der Waals surface area contributed by atoms with Gasteiger partial charge in [-0.3, -0.25) is 14.9 Å². The molecule has 2 aromatic carbocycles. The molecule has 124 valence electrons. The van der Waals surface area contributed by atoms with Gasteiger partial charge in [-0.2, -0.15) is 4.39 Å². The number of nitro benzene ring substituents is 1. The molecule has 1 aliphatic rings. The van der Waals surface area contributed by atoms with Gasteiger partial charge in [-0.25, -0.2) is 0 Å². The van der Waals surface area contributed by atoms with Crippen molar-refractivity contribution in [3.05, 3.63) is 69.0 Å². The molecule has 0 heterocycles. The van der Waals surface area contributed by atoms with Crippen LogP contribution in [0, 0.1) is 15.9 Å². The van der Waals surface area contributed by atoms with Crippen LogP contribution in [0.2, 0.25) is 5.02 Å². The molecule has 1 aliphatic carbocycles. The number of hydrogen-bond donors (Lipinski definition) is 1. The van der Waals surface area contributed by atoms with Crippen LogP contribution in [0.1, 0.15) is 24.8 Å². The van der Waals surface area contributed by atoms with Gasteiger partial charge in [-0.1, -0.05) is 30.2 Å². The maximum Gasteiger partial charge on any atom is 0.306 e. The van der Waals surface area contributed by atoms with E-state index < -0.39 is 21.8 Å². The fraction of sp³-hybridized carbons (Fsp3) is 0.235. The van der Waals surface area contributed by atoms with E-state index in [1.807, 2.05) is 12.1 Å². The number of nitrogens with zero attached hydrogens (tertiary/aromatic N) is 1. The number of benzene rings is 2. The lowest BCUT2D eigenvalue weighted by Gasteiger charge is -2.40. The number of amides is 1. The second-order valence-corrected chi connectivity index (χ2v) is 6.26. The lowest BCUT2D eigenvalue weighted by Crippen LogP contribution is -2.46. The summed E-state index contributed by atoms with van der Waals surface area (Å²) in [4.78, 5) is 22.8. The largest absolute Gasteiger partial charge is 0.325 e. The molecular formula is C17H14ClFN2O3. The summed E-state index contributed by atoms with van der Waals surface area (Å²) in [6.07, 6.45) is 2.28. The van der Waals surface area contributed by atoms with Crippen molar-refractivity contribution in [3.8, 4) is 0 Å².